The van der Waals surface area contributed by atoms with Crippen LogP contribution < -0.4 is 0 Å². The summed E-state index contributed by atoms with van der Waals surface area (Å²) in [5.41, 5.74) is 6.30. The largest absolute Gasteiger partial charge is 0.507 e. The second-order valence-corrected chi connectivity index (χ2v) is 12.8. The Labute approximate surface area is 253 Å². The molecular weight excluding hydrogens is 551 g/mol. The van der Waals surface area contributed by atoms with Crippen LogP contribution in [-0.2, 0) is 5.41 Å². The maximum Gasteiger partial charge on any atom is 0.126 e. The molecule has 3 nitrogen and oxygen atoms in total. The van der Waals surface area contributed by atoms with E-state index < -0.39 is 5.82 Å². The number of halogens is 1. The van der Waals surface area contributed by atoms with E-state index in [9.17, 15) is 9.50 Å². The fourth-order valence-corrected chi connectivity index (χ4v) is 6.66. The number of hydrogen-bond acceptors (Lipinski definition) is 4. The molecule has 210 valence electrons. The van der Waals surface area contributed by atoms with Gasteiger partial charge in [-0.05, 0) is 86.6 Å². The summed E-state index contributed by atoms with van der Waals surface area (Å²) in [6, 6.07) is 35.6. The number of nitrogens with zero attached hydrogens (tertiary/aromatic N) is 2. The molecule has 1 aromatic heterocycles. The van der Waals surface area contributed by atoms with Crippen molar-refractivity contribution < 1.29 is 9.50 Å². The Hall–Kier alpha value is -4.87. The summed E-state index contributed by atoms with van der Waals surface area (Å²) in [6.45, 7) is 6.72. The first-order chi connectivity index (χ1) is 20.8. The van der Waals surface area contributed by atoms with Gasteiger partial charge in [0.2, 0.25) is 0 Å². The van der Waals surface area contributed by atoms with Gasteiger partial charge in [0.05, 0.1) is 15.9 Å². The number of phenolic OH excluding ortho intramolecular Hbond substituents is 1. The van der Waals surface area contributed by atoms with Crippen LogP contribution in [0.25, 0.3) is 53.5 Å². The molecule has 0 aliphatic heterocycles. The van der Waals surface area contributed by atoms with Crippen molar-refractivity contribution in [2.24, 2.45) is 4.99 Å². The molecule has 43 heavy (non-hydrogen) atoms. The zero-order valence-corrected chi connectivity index (χ0v) is 24.9. The van der Waals surface area contributed by atoms with E-state index in [0.717, 1.165) is 31.9 Å². The zero-order chi connectivity index (χ0) is 29.7. The van der Waals surface area contributed by atoms with E-state index in [2.05, 4.69) is 92.5 Å². The number of fused-ring (bicyclic) bond motifs is 4. The highest BCUT2D eigenvalue weighted by atomic mass is 32.1. The minimum atomic E-state index is -0.429. The highest BCUT2D eigenvalue weighted by Gasteiger charge is 2.21. The van der Waals surface area contributed by atoms with Gasteiger partial charge in [0.15, 0.2) is 0 Å². The predicted octanol–water partition coefficient (Wildman–Crippen LogP) is 10.8. The standard InChI is InChI=1S/C38H29FN2OS/c1-38(2,3)25-20-32(31-19-23-10-4-5-11-27(23)28-12-6-7-13-29(28)31)36-35(21-25)43-37(41-36)30-14-8-9-15-33(30)40-22-24-18-26(39)16-17-34(24)42/h4-22,42H,1-3H3. The first-order valence-corrected chi connectivity index (χ1v) is 15.1. The Balaban J connectivity index is 1.45. The molecule has 0 aliphatic carbocycles. The zero-order valence-electron chi connectivity index (χ0n) is 24.1. The molecule has 5 heteroatoms. The van der Waals surface area contributed by atoms with Crippen LogP contribution in [-0.4, -0.2) is 16.3 Å². The van der Waals surface area contributed by atoms with Crippen molar-refractivity contribution in [2.75, 3.05) is 0 Å². The third kappa shape index (κ3) is 4.96. The summed E-state index contributed by atoms with van der Waals surface area (Å²) in [7, 11) is 0. The number of aromatic nitrogens is 1. The molecule has 0 unspecified atom stereocenters. The number of thiazole rings is 1. The Morgan fingerprint density at radius 1 is 0.744 bits per heavy atom. The summed E-state index contributed by atoms with van der Waals surface area (Å²) < 4.78 is 14.9. The number of aromatic hydroxyl groups is 1. The lowest BCUT2D eigenvalue weighted by Crippen LogP contribution is -2.11. The second-order valence-electron chi connectivity index (χ2n) is 11.8. The van der Waals surface area contributed by atoms with E-state index in [4.69, 9.17) is 4.98 Å². The second kappa shape index (κ2) is 10.4. The maximum atomic E-state index is 13.8. The molecule has 7 rings (SSSR count). The van der Waals surface area contributed by atoms with Gasteiger partial charge in [-0.15, -0.1) is 11.3 Å². The molecule has 0 saturated heterocycles. The normalized spacial score (nSPS) is 12.2. The van der Waals surface area contributed by atoms with E-state index in [0.29, 0.717) is 11.3 Å². The third-order valence-electron chi connectivity index (χ3n) is 7.89. The Bertz CT molecular complexity index is 2210. The molecular formula is C38H29FN2OS. The van der Waals surface area contributed by atoms with E-state index in [1.807, 2.05) is 24.3 Å². The van der Waals surface area contributed by atoms with Gasteiger partial charge in [0.25, 0.3) is 0 Å². The van der Waals surface area contributed by atoms with Crippen LogP contribution in [0.5, 0.6) is 5.75 Å². The van der Waals surface area contributed by atoms with Gasteiger partial charge in [0.1, 0.15) is 16.6 Å². The lowest BCUT2D eigenvalue weighted by atomic mass is 9.84. The minimum absolute atomic E-state index is 0.0235. The molecule has 0 amide bonds. The van der Waals surface area contributed by atoms with Crippen LogP contribution in [0, 0.1) is 5.82 Å². The summed E-state index contributed by atoms with van der Waals surface area (Å²) >= 11 is 1.65. The monoisotopic (exact) mass is 580 g/mol. The quantitative estimate of drug-likeness (QED) is 0.166. The summed E-state index contributed by atoms with van der Waals surface area (Å²) in [6.07, 6.45) is 1.49. The van der Waals surface area contributed by atoms with Crippen LogP contribution >= 0.6 is 11.3 Å². The van der Waals surface area contributed by atoms with Crippen LogP contribution in [0.3, 0.4) is 0 Å². The average molecular weight is 581 g/mol. The number of phenols is 1. The maximum absolute atomic E-state index is 13.8. The Kier molecular flexibility index (Phi) is 6.55. The fourth-order valence-electron chi connectivity index (χ4n) is 5.60. The molecule has 1 N–H and O–H groups in total. The first-order valence-electron chi connectivity index (χ1n) is 14.2. The lowest BCUT2D eigenvalue weighted by Gasteiger charge is -2.21. The van der Waals surface area contributed by atoms with E-state index in [1.54, 1.807) is 11.3 Å². The summed E-state index contributed by atoms with van der Waals surface area (Å²) in [5, 5.41) is 15.9. The van der Waals surface area contributed by atoms with Crippen LogP contribution in [0.4, 0.5) is 10.1 Å². The molecule has 0 fully saturated rings. The fraction of sp³-hybridized carbons (Fsp3) is 0.105. The van der Waals surface area contributed by atoms with Crippen molar-refractivity contribution >= 4 is 55.0 Å². The van der Waals surface area contributed by atoms with Gasteiger partial charge >= 0.3 is 0 Å². The number of benzene rings is 6. The van der Waals surface area contributed by atoms with Gasteiger partial charge in [0, 0.05) is 22.9 Å². The molecule has 0 saturated carbocycles. The molecule has 0 spiro atoms. The molecule has 7 aromatic rings. The number of para-hydroxylation sites is 1. The van der Waals surface area contributed by atoms with Gasteiger partial charge in [-0.25, -0.2) is 9.37 Å². The number of rotatable bonds is 4. The van der Waals surface area contributed by atoms with Gasteiger partial charge in [-0.2, -0.15) is 0 Å². The van der Waals surface area contributed by atoms with E-state index in [1.165, 1.54) is 51.5 Å². The summed E-state index contributed by atoms with van der Waals surface area (Å²) in [4.78, 5) is 9.90. The van der Waals surface area contributed by atoms with Gasteiger partial charge in [-0.1, -0.05) is 81.4 Å². The predicted molar refractivity (Wildman–Crippen MR) is 180 cm³/mol. The van der Waals surface area contributed by atoms with Crippen molar-refractivity contribution in [1.82, 2.24) is 4.98 Å². The van der Waals surface area contributed by atoms with Crippen LogP contribution in [0.2, 0.25) is 0 Å². The molecule has 6 aromatic carbocycles. The molecule has 0 atom stereocenters. The van der Waals surface area contributed by atoms with Crippen LogP contribution in [0.15, 0.2) is 114 Å². The first kappa shape index (κ1) is 27.0. The van der Waals surface area contributed by atoms with E-state index >= 15 is 0 Å². The van der Waals surface area contributed by atoms with Crippen molar-refractivity contribution in [2.45, 2.75) is 26.2 Å². The van der Waals surface area contributed by atoms with Crippen LogP contribution in [0.1, 0.15) is 31.9 Å². The SMILES string of the molecule is CC(C)(C)c1cc(-c2cc3ccccc3c3ccccc23)c2nc(-c3ccccc3N=Cc3cc(F)ccc3O)sc2c1. The summed E-state index contributed by atoms with van der Waals surface area (Å²) in [5.74, 6) is -0.452. The Morgan fingerprint density at radius 3 is 2.28 bits per heavy atom. The van der Waals surface area contributed by atoms with Gasteiger partial charge < -0.3 is 5.11 Å². The molecule has 1 heterocycles. The van der Waals surface area contributed by atoms with Gasteiger partial charge in [-0.3, -0.25) is 4.99 Å². The lowest BCUT2D eigenvalue weighted by molar-refractivity contribution is 0.472. The average Bonchev–Trinajstić information content (AvgIpc) is 3.45. The smallest absolute Gasteiger partial charge is 0.126 e. The molecule has 0 radical (unpaired) electrons. The van der Waals surface area contributed by atoms with E-state index in [-0.39, 0.29) is 11.2 Å². The molecule has 0 aliphatic rings. The van der Waals surface area contributed by atoms with Crippen molar-refractivity contribution in [3.05, 3.63) is 126 Å². The highest BCUT2D eigenvalue weighted by Crippen LogP contribution is 2.44. The number of hydrogen-bond donors (Lipinski definition) is 1. The molecule has 0 bridgehead atoms. The topological polar surface area (TPSA) is 45.5 Å². The number of aliphatic imine (C=N–C) groups is 1. The van der Waals surface area contributed by atoms with Crippen molar-refractivity contribution in [1.29, 1.82) is 0 Å². The highest BCUT2D eigenvalue weighted by molar-refractivity contribution is 7.21. The third-order valence-corrected chi connectivity index (χ3v) is 8.92. The Morgan fingerprint density at radius 2 is 1.47 bits per heavy atom. The minimum Gasteiger partial charge on any atom is -0.507 e. The van der Waals surface area contributed by atoms with Crippen molar-refractivity contribution in [3.8, 4) is 27.4 Å². The van der Waals surface area contributed by atoms with Crippen molar-refractivity contribution in [3.63, 3.8) is 0 Å².